The molecule has 0 saturated heterocycles. The zero-order valence-electron chi connectivity index (χ0n) is 10.1. The summed E-state index contributed by atoms with van der Waals surface area (Å²) in [6, 6.07) is 6.20. The lowest BCUT2D eigenvalue weighted by Gasteiger charge is -2.11. The molecule has 0 N–H and O–H groups in total. The fourth-order valence-electron chi connectivity index (χ4n) is 1.88. The van der Waals surface area contributed by atoms with Gasteiger partial charge in [0.1, 0.15) is 11.5 Å². The van der Waals surface area contributed by atoms with Crippen LogP contribution in [-0.4, -0.2) is 11.4 Å². The molecule has 0 fully saturated rings. The highest BCUT2D eigenvalue weighted by Gasteiger charge is 2.15. The maximum Gasteiger partial charge on any atom is 0.134 e. The molecular weight excluding hydrogens is 298 g/mol. The van der Waals surface area contributed by atoms with E-state index in [2.05, 4.69) is 46.4 Å². The highest BCUT2D eigenvalue weighted by molar-refractivity contribution is 9.10. The summed E-state index contributed by atoms with van der Waals surface area (Å²) in [5.41, 5.74) is 3.39. The van der Waals surface area contributed by atoms with Crippen LogP contribution in [0.1, 0.15) is 18.2 Å². The summed E-state index contributed by atoms with van der Waals surface area (Å²) in [4.78, 5) is 1.23. The van der Waals surface area contributed by atoms with E-state index in [1.165, 1.54) is 16.0 Å². The fraction of sp³-hybridized carbons (Fsp3) is 0.308. The van der Waals surface area contributed by atoms with Gasteiger partial charge in [-0.15, -0.1) is 11.8 Å². The first-order valence-corrected chi connectivity index (χ1v) is 7.48. The molecule has 0 atom stereocenters. The molecule has 1 aromatic carbocycles. The lowest BCUT2D eigenvalue weighted by Crippen LogP contribution is -1.92. The quantitative estimate of drug-likeness (QED) is 0.769. The minimum atomic E-state index is 0.842. The number of nitrogens with zero attached hydrogens (tertiary/aromatic N) is 1. The first-order chi connectivity index (χ1) is 8.17. The van der Waals surface area contributed by atoms with Crippen LogP contribution in [0, 0.1) is 6.92 Å². The summed E-state index contributed by atoms with van der Waals surface area (Å²) in [6.45, 7) is 4.07. The molecule has 0 unspecified atom stereocenters. The monoisotopic (exact) mass is 311 g/mol. The molecule has 0 amide bonds. The smallest absolute Gasteiger partial charge is 0.134 e. The molecule has 1 aromatic heterocycles. The van der Waals surface area contributed by atoms with Gasteiger partial charge in [0.05, 0.1) is 0 Å². The minimum Gasteiger partial charge on any atom is -0.361 e. The van der Waals surface area contributed by atoms with Crippen LogP contribution in [0.2, 0.25) is 0 Å². The van der Waals surface area contributed by atoms with E-state index in [1.54, 1.807) is 11.8 Å². The molecule has 2 nitrogen and oxygen atoms in total. The van der Waals surface area contributed by atoms with Gasteiger partial charge in [-0.3, -0.25) is 0 Å². The molecule has 17 heavy (non-hydrogen) atoms. The Morgan fingerprint density at radius 3 is 2.71 bits per heavy atom. The van der Waals surface area contributed by atoms with Gasteiger partial charge >= 0.3 is 0 Å². The van der Waals surface area contributed by atoms with Crippen LogP contribution in [-0.2, 0) is 6.42 Å². The molecule has 1 heterocycles. The Kier molecular flexibility index (Phi) is 3.94. The lowest BCUT2D eigenvalue weighted by molar-refractivity contribution is 0.399. The van der Waals surface area contributed by atoms with Crippen LogP contribution >= 0.6 is 27.7 Å². The zero-order valence-corrected chi connectivity index (χ0v) is 12.5. The van der Waals surface area contributed by atoms with E-state index in [0.29, 0.717) is 0 Å². The SMILES string of the molecule is CCc1c(Br)ccc(SC)c1-c1cc(C)on1. The second-order valence-electron chi connectivity index (χ2n) is 3.78. The van der Waals surface area contributed by atoms with Gasteiger partial charge < -0.3 is 4.52 Å². The highest BCUT2D eigenvalue weighted by Crippen LogP contribution is 2.37. The second-order valence-corrected chi connectivity index (χ2v) is 5.48. The molecule has 0 spiro atoms. The molecule has 0 bridgehead atoms. The van der Waals surface area contributed by atoms with Gasteiger partial charge in [0.15, 0.2) is 0 Å². The Morgan fingerprint density at radius 2 is 2.18 bits per heavy atom. The van der Waals surface area contributed by atoms with E-state index in [0.717, 1.165) is 22.3 Å². The minimum absolute atomic E-state index is 0.842. The second kappa shape index (κ2) is 5.27. The molecular formula is C13H14BrNOS. The number of benzene rings is 1. The summed E-state index contributed by atoms with van der Waals surface area (Å²) < 4.78 is 6.32. The van der Waals surface area contributed by atoms with Crippen molar-refractivity contribution in [3.05, 3.63) is 34.0 Å². The van der Waals surface area contributed by atoms with Crippen molar-refractivity contribution in [3.63, 3.8) is 0 Å². The number of aromatic nitrogens is 1. The van der Waals surface area contributed by atoms with Crippen molar-refractivity contribution in [2.45, 2.75) is 25.2 Å². The fourth-order valence-corrected chi connectivity index (χ4v) is 3.13. The number of aryl methyl sites for hydroxylation is 1. The van der Waals surface area contributed by atoms with Crippen molar-refractivity contribution in [1.29, 1.82) is 0 Å². The average Bonchev–Trinajstić information content (AvgIpc) is 2.75. The largest absolute Gasteiger partial charge is 0.361 e. The Hall–Kier alpha value is -0.740. The first kappa shape index (κ1) is 12.7. The van der Waals surface area contributed by atoms with Crippen LogP contribution in [0.25, 0.3) is 11.3 Å². The predicted molar refractivity (Wildman–Crippen MR) is 75.5 cm³/mol. The van der Waals surface area contributed by atoms with Gasteiger partial charge in [0.2, 0.25) is 0 Å². The molecule has 2 aromatic rings. The van der Waals surface area contributed by atoms with Gasteiger partial charge in [-0.2, -0.15) is 0 Å². The number of hydrogen-bond donors (Lipinski definition) is 0. The van der Waals surface area contributed by atoms with Crippen molar-refractivity contribution >= 4 is 27.7 Å². The van der Waals surface area contributed by atoms with Gasteiger partial charge in [-0.25, -0.2) is 0 Å². The number of thioether (sulfide) groups is 1. The van der Waals surface area contributed by atoms with Crippen molar-refractivity contribution in [2.24, 2.45) is 0 Å². The normalized spacial score (nSPS) is 10.8. The average molecular weight is 312 g/mol. The van der Waals surface area contributed by atoms with E-state index in [9.17, 15) is 0 Å². The van der Waals surface area contributed by atoms with Crippen LogP contribution in [0.4, 0.5) is 0 Å². The topological polar surface area (TPSA) is 26.0 Å². The molecule has 0 aliphatic heterocycles. The van der Waals surface area contributed by atoms with E-state index >= 15 is 0 Å². The maximum atomic E-state index is 5.18. The molecule has 4 heteroatoms. The van der Waals surface area contributed by atoms with Crippen molar-refractivity contribution in [1.82, 2.24) is 5.16 Å². The predicted octanol–water partition coefficient (Wildman–Crippen LogP) is 4.70. The zero-order chi connectivity index (χ0) is 12.4. The maximum absolute atomic E-state index is 5.18. The summed E-state index contributed by atoms with van der Waals surface area (Å²) in [5.74, 6) is 0.842. The molecule has 90 valence electrons. The van der Waals surface area contributed by atoms with Crippen molar-refractivity contribution < 1.29 is 4.52 Å². The van der Waals surface area contributed by atoms with Crippen LogP contribution in [0.5, 0.6) is 0 Å². The standard InChI is InChI=1S/C13H14BrNOS/c1-4-9-10(14)5-6-12(17-3)13(9)11-7-8(2)16-15-11/h5-7H,4H2,1-3H3. The van der Waals surface area contributed by atoms with Crippen LogP contribution < -0.4 is 0 Å². The Labute approximate surface area is 114 Å². The summed E-state index contributed by atoms with van der Waals surface area (Å²) in [7, 11) is 0. The number of hydrogen-bond acceptors (Lipinski definition) is 3. The highest BCUT2D eigenvalue weighted by atomic mass is 79.9. The lowest BCUT2D eigenvalue weighted by atomic mass is 10.0. The third-order valence-electron chi connectivity index (χ3n) is 2.68. The molecule has 0 aliphatic carbocycles. The molecule has 0 saturated carbocycles. The van der Waals surface area contributed by atoms with E-state index in [-0.39, 0.29) is 0 Å². The van der Waals surface area contributed by atoms with E-state index < -0.39 is 0 Å². The Balaban J connectivity index is 2.68. The van der Waals surface area contributed by atoms with E-state index in [4.69, 9.17) is 4.52 Å². The summed E-state index contributed by atoms with van der Waals surface area (Å²) in [5, 5.41) is 4.14. The first-order valence-electron chi connectivity index (χ1n) is 5.46. The third kappa shape index (κ3) is 2.43. The van der Waals surface area contributed by atoms with Crippen molar-refractivity contribution in [3.8, 4) is 11.3 Å². The number of rotatable bonds is 3. The van der Waals surface area contributed by atoms with Gasteiger partial charge in [-0.1, -0.05) is 28.0 Å². The van der Waals surface area contributed by atoms with Crippen molar-refractivity contribution in [2.75, 3.05) is 6.26 Å². The Morgan fingerprint density at radius 1 is 1.41 bits per heavy atom. The van der Waals surface area contributed by atoms with Gasteiger partial charge in [0.25, 0.3) is 0 Å². The van der Waals surface area contributed by atoms with E-state index in [1.807, 2.05) is 13.0 Å². The van der Waals surface area contributed by atoms with Crippen LogP contribution in [0.15, 0.2) is 32.1 Å². The molecule has 0 aliphatic rings. The number of halogens is 1. The van der Waals surface area contributed by atoms with Gasteiger partial charge in [-0.05, 0) is 37.3 Å². The Bertz CT molecular complexity index is 536. The van der Waals surface area contributed by atoms with Crippen LogP contribution in [0.3, 0.4) is 0 Å². The van der Waals surface area contributed by atoms with Gasteiger partial charge in [0, 0.05) is 21.0 Å². The molecule has 0 radical (unpaired) electrons. The molecule has 2 rings (SSSR count). The summed E-state index contributed by atoms with van der Waals surface area (Å²) in [6.07, 6.45) is 3.05. The summed E-state index contributed by atoms with van der Waals surface area (Å²) >= 11 is 5.34. The third-order valence-corrected chi connectivity index (χ3v) is 4.20.